The van der Waals surface area contributed by atoms with Crippen molar-refractivity contribution in [2.45, 2.75) is 71.1 Å². The van der Waals surface area contributed by atoms with E-state index < -0.39 is 30.2 Å². The largest absolute Gasteiger partial charge is 0.415 e. The zero-order chi connectivity index (χ0) is 19.5. The highest BCUT2D eigenvalue weighted by atomic mass is 19.4. The number of hydrogen-bond donors (Lipinski definition) is 4. The molecule has 150 valence electrons. The van der Waals surface area contributed by atoms with Crippen molar-refractivity contribution in [3.8, 4) is 0 Å². The quantitative estimate of drug-likeness (QED) is 0.437. The SMILES string of the molecule is CC(C)CN=C(NC(=O)C1CC(C)OC1C(F)(F)F)NC1CC(C)NN1. The number of alkyl halides is 3. The Balaban J connectivity index is 2.05. The lowest BCUT2D eigenvalue weighted by Crippen LogP contribution is -2.53. The van der Waals surface area contributed by atoms with Crippen molar-refractivity contribution < 1.29 is 22.7 Å². The summed E-state index contributed by atoms with van der Waals surface area (Å²) in [6.07, 6.45) is -6.70. The molecule has 2 rings (SSSR count). The van der Waals surface area contributed by atoms with Crippen molar-refractivity contribution in [2.75, 3.05) is 6.54 Å². The van der Waals surface area contributed by atoms with Gasteiger partial charge in [-0.05, 0) is 32.6 Å². The van der Waals surface area contributed by atoms with E-state index in [0.717, 1.165) is 6.42 Å². The van der Waals surface area contributed by atoms with Gasteiger partial charge >= 0.3 is 6.18 Å². The second kappa shape index (κ2) is 8.53. The van der Waals surface area contributed by atoms with E-state index in [-0.39, 0.29) is 30.5 Å². The highest BCUT2D eigenvalue weighted by Gasteiger charge is 2.53. The van der Waals surface area contributed by atoms with E-state index in [1.165, 1.54) is 6.92 Å². The maximum Gasteiger partial charge on any atom is 0.415 e. The van der Waals surface area contributed by atoms with Crippen LogP contribution in [0.4, 0.5) is 13.2 Å². The molecule has 2 aliphatic rings. The molecule has 2 saturated heterocycles. The summed E-state index contributed by atoms with van der Waals surface area (Å²) in [6, 6.07) is 0.230. The molecule has 7 nitrogen and oxygen atoms in total. The predicted molar refractivity (Wildman–Crippen MR) is 91.1 cm³/mol. The zero-order valence-electron chi connectivity index (χ0n) is 15.5. The van der Waals surface area contributed by atoms with Crippen LogP contribution in [0.5, 0.6) is 0 Å². The van der Waals surface area contributed by atoms with Crippen molar-refractivity contribution in [1.82, 2.24) is 21.5 Å². The first-order valence-electron chi connectivity index (χ1n) is 8.91. The molecule has 2 heterocycles. The Morgan fingerprint density at radius 2 is 1.96 bits per heavy atom. The van der Waals surface area contributed by atoms with Crippen LogP contribution >= 0.6 is 0 Å². The minimum atomic E-state index is -4.58. The number of rotatable bonds is 4. The lowest BCUT2D eigenvalue weighted by Gasteiger charge is -2.22. The van der Waals surface area contributed by atoms with E-state index in [2.05, 4.69) is 26.5 Å². The van der Waals surface area contributed by atoms with Crippen LogP contribution in [0.2, 0.25) is 0 Å². The first kappa shape index (κ1) is 20.9. The molecule has 5 atom stereocenters. The Kier molecular flexibility index (Phi) is 6.86. The number of guanidine groups is 1. The monoisotopic (exact) mass is 379 g/mol. The van der Waals surface area contributed by atoms with Crippen LogP contribution in [0.3, 0.4) is 0 Å². The first-order valence-corrected chi connectivity index (χ1v) is 8.91. The smallest absolute Gasteiger partial charge is 0.365 e. The number of hydrazine groups is 1. The molecule has 2 aliphatic heterocycles. The van der Waals surface area contributed by atoms with Crippen molar-refractivity contribution in [3.63, 3.8) is 0 Å². The van der Waals surface area contributed by atoms with Crippen LogP contribution in [-0.2, 0) is 9.53 Å². The van der Waals surface area contributed by atoms with Crippen molar-refractivity contribution >= 4 is 11.9 Å². The number of aliphatic imine (C=N–C) groups is 1. The number of nitrogens with one attached hydrogen (secondary N) is 4. The van der Waals surface area contributed by atoms with Gasteiger partial charge in [0.2, 0.25) is 5.91 Å². The molecule has 0 aromatic rings. The van der Waals surface area contributed by atoms with Gasteiger partial charge in [0.25, 0.3) is 0 Å². The van der Waals surface area contributed by atoms with Gasteiger partial charge in [-0.2, -0.15) is 13.2 Å². The van der Waals surface area contributed by atoms with Crippen LogP contribution in [0.25, 0.3) is 0 Å². The highest BCUT2D eigenvalue weighted by Crippen LogP contribution is 2.37. The van der Waals surface area contributed by atoms with E-state index in [1.807, 2.05) is 20.8 Å². The first-order chi connectivity index (χ1) is 12.1. The third-order valence-electron chi connectivity index (χ3n) is 4.25. The Hall–Kier alpha value is -1.39. The molecule has 0 spiro atoms. The maximum atomic E-state index is 13.1. The van der Waals surface area contributed by atoms with Gasteiger partial charge in [0.15, 0.2) is 12.1 Å². The van der Waals surface area contributed by atoms with Crippen molar-refractivity contribution in [1.29, 1.82) is 0 Å². The van der Waals surface area contributed by atoms with Crippen molar-refractivity contribution in [3.05, 3.63) is 0 Å². The third kappa shape index (κ3) is 5.82. The Morgan fingerprint density at radius 1 is 1.27 bits per heavy atom. The molecule has 4 N–H and O–H groups in total. The molecule has 0 aliphatic carbocycles. The average molecular weight is 379 g/mol. The van der Waals surface area contributed by atoms with Crippen molar-refractivity contribution in [2.24, 2.45) is 16.8 Å². The molecule has 0 saturated carbocycles. The highest BCUT2D eigenvalue weighted by molar-refractivity contribution is 5.98. The number of halogens is 3. The lowest BCUT2D eigenvalue weighted by atomic mass is 9.98. The summed E-state index contributed by atoms with van der Waals surface area (Å²) in [5.74, 6) is -1.59. The average Bonchev–Trinajstić information content (AvgIpc) is 3.10. The van der Waals surface area contributed by atoms with E-state index >= 15 is 0 Å². The molecule has 0 bridgehead atoms. The van der Waals surface area contributed by atoms with Gasteiger partial charge < -0.3 is 10.1 Å². The van der Waals surface area contributed by atoms with Gasteiger partial charge in [0, 0.05) is 12.6 Å². The van der Waals surface area contributed by atoms with E-state index in [0.29, 0.717) is 6.54 Å². The fourth-order valence-electron chi connectivity index (χ4n) is 3.01. The Bertz CT molecular complexity index is 527. The molecule has 0 aromatic heterocycles. The van der Waals surface area contributed by atoms with E-state index in [9.17, 15) is 18.0 Å². The fraction of sp³-hybridized carbons (Fsp3) is 0.875. The second-order valence-corrected chi connectivity index (χ2v) is 7.45. The van der Waals surface area contributed by atoms with E-state index in [1.54, 1.807) is 0 Å². The number of amides is 1. The lowest BCUT2D eigenvalue weighted by molar-refractivity contribution is -0.222. The Labute approximate surface area is 151 Å². The predicted octanol–water partition coefficient (Wildman–Crippen LogP) is 1.27. The van der Waals surface area contributed by atoms with Crippen LogP contribution in [-0.4, -0.2) is 49.0 Å². The third-order valence-corrected chi connectivity index (χ3v) is 4.25. The second-order valence-electron chi connectivity index (χ2n) is 7.45. The minimum absolute atomic E-state index is 0.0216. The summed E-state index contributed by atoms with van der Waals surface area (Å²) in [7, 11) is 0. The number of carbonyl (C=O) groups is 1. The van der Waals surface area contributed by atoms with Gasteiger partial charge in [-0.3, -0.25) is 20.5 Å². The standard InChI is InChI=1S/C16H28F3N5O2/c1-8(2)7-20-15(21-12-5-9(3)23-24-12)22-14(25)11-6-10(4)26-13(11)16(17,18)19/h8-13,23-24H,5-7H2,1-4H3,(H2,20,21,22,25). The molecular formula is C16H28F3N5O2. The van der Waals surface area contributed by atoms with E-state index in [4.69, 9.17) is 4.74 Å². The summed E-state index contributed by atoms with van der Waals surface area (Å²) in [5, 5.41) is 5.57. The normalized spacial score (nSPS) is 32.9. The molecule has 5 unspecified atom stereocenters. The molecule has 2 fully saturated rings. The van der Waals surface area contributed by atoms with Crippen LogP contribution in [0.1, 0.15) is 40.5 Å². The zero-order valence-corrected chi connectivity index (χ0v) is 15.5. The number of hydrogen-bond acceptors (Lipinski definition) is 5. The Morgan fingerprint density at radius 3 is 2.50 bits per heavy atom. The van der Waals surface area contributed by atoms with Crippen LogP contribution in [0, 0.1) is 11.8 Å². The van der Waals surface area contributed by atoms with Gasteiger partial charge in [0.05, 0.1) is 18.2 Å². The summed E-state index contributed by atoms with van der Waals surface area (Å²) in [4.78, 5) is 16.8. The minimum Gasteiger partial charge on any atom is -0.365 e. The maximum absolute atomic E-state index is 13.1. The number of nitrogens with zero attached hydrogens (tertiary/aromatic N) is 1. The van der Waals surface area contributed by atoms with Gasteiger partial charge in [-0.15, -0.1) is 0 Å². The molecule has 0 aromatic carbocycles. The topological polar surface area (TPSA) is 86.8 Å². The number of carbonyl (C=O) groups excluding carboxylic acids is 1. The van der Waals surface area contributed by atoms with Crippen LogP contribution in [0.15, 0.2) is 4.99 Å². The molecular weight excluding hydrogens is 351 g/mol. The van der Waals surface area contributed by atoms with Gasteiger partial charge in [-0.1, -0.05) is 13.8 Å². The number of ether oxygens (including phenoxy) is 1. The van der Waals surface area contributed by atoms with Gasteiger partial charge in [0.1, 0.15) is 0 Å². The molecule has 1 amide bonds. The summed E-state index contributed by atoms with van der Waals surface area (Å²) >= 11 is 0. The molecule has 10 heteroatoms. The summed E-state index contributed by atoms with van der Waals surface area (Å²) < 4.78 is 44.3. The van der Waals surface area contributed by atoms with Crippen LogP contribution < -0.4 is 21.5 Å². The molecule has 26 heavy (non-hydrogen) atoms. The van der Waals surface area contributed by atoms with Gasteiger partial charge in [-0.25, -0.2) is 5.43 Å². The molecule has 0 radical (unpaired) electrons. The fourth-order valence-corrected chi connectivity index (χ4v) is 3.01. The summed E-state index contributed by atoms with van der Waals surface area (Å²) in [5.41, 5.74) is 6.04. The summed E-state index contributed by atoms with van der Waals surface area (Å²) in [6.45, 7) is 7.90.